The first-order chi connectivity index (χ1) is 14.1. The molecule has 0 N–H and O–H groups in total. The van der Waals surface area contributed by atoms with Crippen molar-refractivity contribution >= 4 is 18.0 Å². The van der Waals surface area contributed by atoms with Crippen molar-refractivity contribution in [2.24, 2.45) is 0 Å². The fraction of sp³-hybridized carbons (Fsp3) is 0.217. The van der Waals surface area contributed by atoms with Crippen LogP contribution in [0.1, 0.15) is 23.7 Å². The van der Waals surface area contributed by atoms with Crippen LogP contribution in [0, 0.1) is 0 Å². The zero-order chi connectivity index (χ0) is 20.3. The lowest BCUT2D eigenvalue weighted by Gasteiger charge is -2.21. The van der Waals surface area contributed by atoms with Crippen LogP contribution in [-0.4, -0.2) is 30.9 Å². The molecule has 148 valence electrons. The molecular formula is C23H20O6. The summed E-state index contributed by atoms with van der Waals surface area (Å²) in [6.45, 7) is 0. The highest BCUT2D eigenvalue weighted by atomic mass is 16.7. The van der Waals surface area contributed by atoms with E-state index in [1.165, 1.54) is 12.2 Å². The molecule has 1 saturated heterocycles. The summed E-state index contributed by atoms with van der Waals surface area (Å²) in [7, 11) is 1.60. The van der Waals surface area contributed by atoms with E-state index in [0.29, 0.717) is 0 Å². The molecule has 0 bridgehead atoms. The zero-order valence-electron chi connectivity index (χ0n) is 15.8. The van der Waals surface area contributed by atoms with Crippen molar-refractivity contribution in [1.82, 2.24) is 0 Å². The summed E-state index contributed by atoms with van der Waals surface area (Å²) in [4.78, 5) is 24.0. The molecule has 0 amide bonds. The highest BCUT2D eigenvalue weighted by Gasteiger charge is 2.52. The number of benzene rings is 2. The van der Waals surface area contributed by atoms with E-state index in [4.69, 9.17) is 18.9 Å². The molecule has 0 radical (unpaired) electrons. The second-order valence-electron chi connectivity index (χ2n) is 6.80. The quantitative estimate of drug-likeness (QED) is 0.572. The average molecular weight is 392 g/mol. The topological polar surface area (TPSA) is 71.1 Å². The lowest BCUT2D eigenvalue weighted by molar-refractivity contribution is -0.193. The van der Waals surface area contributed by atoms with E-state index in [0.717, 1.165) is 16.9 Å². The third-order valence-electron chi connectivity index (χ3n) is 4.82. The molecule has 6 nitrogen and oxygen atoms in total. The number of hydrogen-bond donors (Lipinski definition) is 0. The largest absolute Gasteiger partial charge is 0.497 e. The van der Waals surface area contributed by atoms with Crippen LogP contribution in [0.4, 0.5) is 0 Å². The molecule has 4 rings (SSSR count). The molecule has 0 saturated carbocycles. The Hall–Kier alpha value is -3.38. The third-order valence-corrected chi connectivity index (χ3v) is 4.82. The van der Waals surface area contributed by atoms with E-state index in [9.17, 15) is 9.59 Å². The predicted octanol–water partition coefficient (Wildman–Crippen LogP) is 3.59. The van der Waals surface area contributed by atoms with Gasteiger partial charge in [0.25, 0.3) is 0 Å². The number of ether oxygens (including phenoxy) is 4. The van der Waals surface area contributed by atoms with E-state index in [2.05, 4.69) is 0 Å². The molecular weight excluding hydrogens is 372 g/mol. The Morgan fingerprint density at radius 3 is 2.55 bits per heavy atom. The van der Waals surface area contributed by atoms with Gasteiger partial charge in [0.05, 0.1) is 13.5 Å². The van der Waals surface area contributed by atoms with Gasteiger partial charge in [0, 0.05) is 12.2 Å². The molecule has 0 unspecified atom stereocenters. The number of methoxy groups -OCH3 is 1. The molecule has 1 spiro atoms. The molecule has 2 aliphatic rings. The normalized spacial score (nSPS) is 25.5. The first-order valence-electron chi connectivity index (χ1n) is 9.25. The average Bonchev–Trinajstić information content (AvgIpc) is 3.29. The van der Waals surface area contributed by atoms with Crippen LogP contribution in [0.25, 0.3) is 6.08 Å². The molecule has 2 aromatic rings. The molecule has 2 heterocycles. The standard InChI is InChI=1S/C23H20O6/c1-26-18-10-7-16(8-11-18)9-12-20(24)27-19-15-23(14-13-21(25)28-23)29-22(19)17-5-3-2-4-6-17/h2-14,19,22H,15H2,1H3/b12-9+/t19-,22-,23-/m0/s1. The zero-order valence-corrected chi connectivity index (χ0v) is 15.8. The molecule has 1 fully saturated rings. The van der Waals surface area contributed by atoms with Crippen molar-refractivity contribution in [3.63, 3.8) is 0 Å². The highest BCUT2D eigenvalue weighted by Crippen LogP contribution is 2.44. The van der Waals surface area contributed by atoms with Crippen molar-refractivity contribution in [3.05, 3.63) is 84.0 Å². The highest BCUT2D eigenvalue weighted by molar-refractivity contribution is 5.87. The number of rotatable bonds is 5. The summed E-state index contributed by atoms with van der Waals surface area (Å²) < 4.78 is 22.1. The van der Waals surface area contributed by atoms with E-state index < -0.39 is 29.9 Å². The number of esters is 2. The van der Waals surface area contributed by atoms with E-state index >= 15 is 0 Å². The summed E-state index contributed by atoms with van der Waals surface area (Å²) >= 11 is 0. The van der Waals surface area contributed by atoms with Gasteiger partial charge >= 0.3 is 11.9 Å². The number of carbonyl (C=O) groups is 2. The Balaban J connectivity index is 1.48. The Labute approximate surface area is 168 Å². The molecule has 6 heteroatoms. The monoisotopic (exact) mass is 392 g/mol. The number of carbonyl (C=O) groups excluding carboxylic acids is 2. The SMILES string of the molecule is COc1ccc(/C=C/C(=O)O[C@H]2C[C@]3(C=CC(=O)O3)O[C@H]2c2ccccc2)cc1. The van der Waals surface area contributed by atoms with Crippen LogP contribution in [0.15, 0.2) is 72.8 Å². The molecule has 3 atom stereocenters. The third kappa shape index (κ3) is 4.22. The van der Waals surface area contributed by atoms with Gasteiger partial charge in [-0.2, -0.15) is 0 Å². The van der Waals surface area contributed by atoms with E-state index in [-0.39, 0.29) is 6.42 Å². The fourth-order valence-corrected chi connectivity index (χ4v) is 3.43. The molecule has 29 heavy (non-hydrogen) atoms. The van der Waals surface area contributed by atoms with Crippen LogP contribution in [-0.2, 0) is 23.8 Å². The Bertz CT molecular complexity index is 947. The van der Waals surface area contributed by atoms with Crippen LogP contribution in [0.2, 0.25) is 0 Å². The van der Waals surface area contributed by atoms with Gasteiger partial charge in [0.1, 0.15) is 18.0 Å². The summed E-state index contributed by atoms with van der Waals surface area (Å²) in [5.74, 6) is -1.42. The second kappa shape index (κ2) is 7.93. The van der Waals surface area contributed by atoms with Crippen molar-refractivity contribution < 1.29 is 28.5 Å². The summed E-state index contributed by atoms with van der Waals surface area (Å²) in [6, 6.07) is 16.7. The predicted molar refractivity (Wildman–Crippen MR) is 105 cm³/mol. The van der Waals surface area contributed by atoms with Crippen molar-refractivity contribution in [2.45, 2.75) is 24.4 Å². The molecule has 0 aliphatic carbocycles. The van der Waals surface area contributed by atoms with Crippen LogP contribution in [0.5, 0.6) is 5.75 Å². The minimum absolute atomic E-state index is 0.233. The molecule has 0 aromatic heterocycles. The van der Waals surface area contributed by atoms with Gasteiger partial charge in [-0.3, -0.25) is 0 Å². The van der Waals surface area contributed by atoms with Gasteiger partial charge in [-0.15, -0.1) is 0 Å². The Morgan fingerprint density at radius 1 is 1.14 bits per heavy atom. The van der Waals surface area contributed by atoms with Crippen molar-refractivity contribution in [1.29, 1.82) is 0 Å². The van der Waals surface area contributed by atoms with Crippen molar-refractivity contribution in [2.75, 3.05) is 7.11 Å². The van der Waals surface area contributed by atoms with E-state index in [1.807, 2.05) is 54.6 Å². The van der Waals surface area contributed by atoms with Gasteiger partial charge in [-0.25, -0.2) is 9.59 Å². The van der Waals surface area contributed by atoms with E-state index in [1.54, 1.807) is 19.3 Å². The second-order valence-corrected chi connectivity index (χ2v) is 6.80. The number of hydrogen-bond acceptors (Lipinski definition) is 6. The first kappa shape index (κ1) is 19.0. The maximum atomic E-state index is 12.4. The van der Waals surface area contributed by atoms with Crippen LogP contribution in [0.3, 0.4) is 0 Å². The van der Waals surface area contributed by atoms with Gasteiger partial charge in [0.2, 0.25) is 5.79 Å². The maximum absolute atomic E-state index is 12.4. The van der Waals surface area contributed by atoms with Gasteiger partial charge in [-0.1, -0.05) is 42.5 Å². The van der Waals surface area contributed by atoms with Gasteiger partial charge in [0.15, 0.2) is 0 Å². The minimum atomic E-state index is -1.19. The van der Waals surface area contributed by atoms with Crippen molar-refractivity contribution in [3.8, 4) is 5.75 Å². The Kier molecular flexibility index (Phi) is 5.18. The molecule has 2 aromatic carbocycles. The van der Waals surface area contributed by atoms with Crippen LogP contribution < -0.4 is 4.74 Å². The first-order valence-corrected chi connectivity index (χ1v) is 9.25. The van der Waals surface area contributed by atoms with Gasteiger partial charge < -0.3 is 18.9 Å². The summed E-state index contributed by atoms with van der Waals surface area (Å²) in [5, 5.41) is 0. The fourth-order valence-electron chi connectivity index (χ4n) is 3.43. The molecule has 2 aliphatic heterocycles. The summed E-state index contributed by atoms with van der Waals surface area (Å²) in [6.07, 6.45) is 5.04. The minimum Gasteiger partial charge on any atom is -0.497 e. The van der Waals surface area contributed by atoms with Crippen LogP contribution >= 0.6 is 0 Å². The van der Waals surface area contributed by atoms with Gasteiger partial charge in [-0.05, 0) is 35.4 Å². The Morgan fingerprint density at radius 2 is 1.90 bits per heavy atom. The maximum Gasteiger partial charge on any atom is 0.333 e. The summed E-state index contributed by atoms with van der Waals surface area (Å²) in [5.41, 5.74) is 1.69. The smallest absolute Gasteiger partial charge is 0.333 e. The lowest BCUT2D eigenvalue weighted by atomic mass is 10.0. The lowest BCUT2D eigenvalue weighted by Crippen LogP contribution is -2.27.